The van der Waals surface area contributed by atoms with E-state index in [0.717, 1.165) is 49.7 Å². The van der Waals surface area contributed by atoms with E-state index in [1.165, 1.54) is 63.9 Å². The summed E-state index contributed by atoms with van der Waals surface area (Å²) in [4.78, 5) is 0. The highest BCUT2D eigenvalue weighted by molar-refractivity contribution is 5.37. The standard InChI is InChI=1S/C24H34F2O2/c25-22-15-11-19-10-14-21(28-24(19)23(22)26)7-4-16-27-20-12-8-18(9-13-20)17-5-2-1-3-6-17/h11,15,17-18,20-21H,1-10,12-14,16H2. The van der Waals surface area contributed by atoms with Crippen LogP contribution in [0, 0.1) is 23.5 Å². The average Bonchev–Trinajstić information content (AvgIpc) is 2.75. The van der Waals surface area contributed by atoms with Crippen molar-refractivity contribution in [1.29, 1.82) is 0 Å². The lowest BCUT2D eigenvalue weighted by Crippen LogP contribution is -2.28. The molecule has 0 bridgehead atoms. The second kappa shape index (κ2) is 9.56. The largest absolute Gasteiger partial charge is 0.487 e. The van der Waals surface area contributed by atoms with Gasteiger partial charge < -0.3 is 9.47 Å². The average molecular weight is 393 g/mol. The van der Waals surface area contributed by atoms with Crippen LogP contribution in [0.5, 0.6) is 5.75 Å². The van der Waals surface area contributed by atoms with Gasteiger partial charge in [-0.1, -0.05) is 38.2 Å². The quantitative estimate of drug-likeness (QED) is 0.508. The Morgan fingerprint density at radius 1 is 0.893 bits per heavy atom. The third-order valence-corrected chi connectivity index (χ3v) is 7.21. The first-order valence-corrected chi connectivity index (χ1v) is 11.5. The zero-order chi connectivity index (χ0) is 19.3. The van der Waals surface area contributed by atoms with E-state index in [1.54, 1.807) is 6.07 Å². The Hall–Kier alpha value is -1.16. The third-order valence-electron chi connectivity index (χ3n) is 7.21. The molecule has 1 aromatic rings. The molecule has 3 aliphatic rings. The number of fused-ring (bicyclic) bond motifs is 1. The lowest BCUT2D eigenvalue weighted by atomic mass is 9.73. The summed E-state index contributed by atoms with van der Waals surface area (Å²) in [5, 5.41) is 0. The topological polar surface area (TPSA) is 18.5 Å². The summed E-state index contributed by atoms with van der Waals surface area (Å²) in [5.74, 6) is 0.371. The molecule has 2 aliphatic carbocycles. The summed E-state index contributed by atoms with van der Waals surface area (Å²) in [6.45, 7) is 0.747. The molecule has 28 heavy (non-hydrogen) atoms. The minimum absolute atomic E-state index is 0.0329. The summed E-state index contributed by atoms with van der Waals surface area (Å²) >= 11 is 0. The molecule has 0 radical (unpaired) electrons. The van der Waals surface area contributed by atoms with Gasteiger partial charge in [0.25, 0.3) is 0 Å². The van der Waals surface area contributed by atoms with Gasteiger partial charge in [0, 0.05) is 6.61 Å². The van der Waals surface area contributed by atoms with Gasteiger partial charge in [-0.2, -0.15) is 4.39 Å². The second-order valence-electron chi connectivity index (χ2n) is 9.08. The fourth-order valence-electron chi connectivity index (χ4n) is 5.53. The minimum Gasteiger partial charge on any atom is -0.487 e. The number of benzene rings is 1. The Kier molecular flexibility index (Phi) is 6.87. The van der Waals surface area contributed by atoms with E-state index in [4.69, 9.17) is 9.47 Å². The van der Waals surface area contributed by atoms with Gasteiger partial charge in [0.1, 0.15) is 0 Å². The fourth-order valence-corrected chi connectivity index (χ4v) is 5.53. The Morgan fingerprint density at radius 3 is 2.43 bits per heavy atom. The number of halogens is 2. The molecule has 1 aliphatic heterocycles. The van der Waals surface area contributed by atoms with Gasteiger partial charge in [-0.3, -0.25) is 0 Å². The lowest BCUT2D eigenvalue weighted by Gasteiger charge is -2.35. The van der Waals surface area contributed by atoms with Gasteiger partial charge >= 0.3 is 0 Å². The molecule has 2 fully saturated rings. The Morgan fingerprint density at radius 2 is 1.64 bits per heavy atom. The van der Waals surface area contributed by atoms with Gasteiger partial charge in [-0.25, -0.2) is 4.39 Å². The van der Waals surface area contributed by atoms with Gasteiger partial charge in [0.05, 0.1) is 12.2 Å². The number of hydrogen-bond acceptors (Lipinski definition) is 2. The molecule has 1 aromatic carbocycles. The van der Waals surface area contributed by atoms with E-state index in [0.29, 0.717) is 6.10 Å². The first-order chi connectivity index (χ1) is 13.7. The van der Waals surface area contributed by atoms with Crippen LogP contribution in [0.15, 0.2) is 12.1 Å². The third kappa shape index (κ3) is 4.87. The molecule has 0 N–H and O–H groups in total. The maximum atomic E-state index is 13.9. The Labute approximate surface area is 168 Å². The van der Waals surface area contributed by atoms with Crippen LogP contribution in [0.3, 0.4) is 0 Å². The molecular weight excluding hydrogens is 358 g/mol. The summed E-state index contributed by atoms with van der Waals surface area (Å²) in [6.07, 6.45) is 16.1. The van der Waals surface area contributed by atoms with Crippen LogP contribution < -0.4 is 4.74 Å². The summed E-state index contributed by atoms with van der Waals surface area (Å²) in [5.41, 5.74) is 0.779. The van der Waals surface area contributed by atoms with E-state index >= 15 is 0 Å². The van der Waals surface area contributed by atoms with Gasteiger partial charge in [0.2, 0.25) is 5.82 Å². The number of rotatable bonds is 6. The van der Waals surface area contributed by atoms with Crippen LogP contribution in [0.4, 0.5) is 8.78 Å². The molecule has 0 spiro atoms. The number of aryl methyl sites for hydroxylation is 1. The molecule has 2 saturated carbocycles. The van der Waals surface area contributed by atoms with Crippen LogP contribution in [0.2, 0.25) is 0 Å². The fraction of sp³-hybridized carbons (Fsp3) is 0.750. The van der Waals surface area contributed by atoms with Crippen molar-refractivity contribution < 1.29 is 18.3 Å². The Bertz CT molecular complexity index is 634. The zero-order valence-corrected chi connectivity index (χ0v) is 16.9. The molecule has 0 amide bonds. The molecule has 156 valence electrons. The summed E-state index contributed by atoms with van der Waals surface area (Å²) in [6, 6.07) is 2.82. The van der Waals surface area contributed by atoms with Crippen molar-refractivity contribution in [3.8, 4) is 5.75 Å². The highest BCUT2D eigenvalue weighted by Gasteiger charge is 2.29. The molecule has 1 heterocycles. The predicted molar refractivity (Wildman–Crippen MR) is 107 cm³/mol. The molecule has 4 heteroatoms. The van der Waals surface area contributed by atoms with E-state index in [-0.39, 0.29) is 11.9 Å². The molecule has 4 rings (SSSR count). The molecule has 0 saturated heterocycles. The molecule has 1 atom stereocenters. The van der Waals surface area contributed by atoms with Crippen molar-refractivity contribution in [2.75, 3.05) is 6.61 Å². The van der Waals surface area contributed by atoms with E-state index < -0.39 is 11.6 Å². The van der Waals surface area contributed by atoms with Crippen LogP contribution in [0.1, 0.15) is 82.6 Å². The molecule has 2 nitrogen and oxygen atoms in total. The van der Waals surface area contributed by atoms with Crippen LogP contribution in [0.25, 0.3) is 0 Å². The van der Waals surface area contributed by atoms with Crippen molar-refractivity contribution in [1.82, 2.24) is 0 Å². The minimum atomic E-state index is -0.840. The van der Waals surface area contributed by atoms with Crippen molar-refractivity contribution in [2.45, 2.75) is 95.7 Å². The predicted octanol–water partition coefficient (Wildman–Crippen LogP) is 6.59. The van der Waals surface area contributed by atoms with E-state index in [9.17, 15) is 8.78 Å². The first kappa shape index (κ1) is 20.1. The Balaban J connectivity index is 1.14. The lowest BCUT2D eigenvalue weighted by molar-refractivity contribution is 0.00323. The maximum Gasteiger partial charge on any atom is 0.200 e. The normalized spacial score (nSPS) is 28.6. The summed E-state index contributed by atoms with van der Waals surface area (Å²) < 4.78 is 39.2. The smallest absolute Gasteiger partial charge is 0.200 e. The molecule has 0 aromatic heterocycles. The van der Waals surface area contributed by atoms with Gasteiger partial charge in [-0.15, -0.1) is 0 Å². The van der Waals surface area contributed by atoms with Crippen molar-refractivity contribution in [3.05, 3.63) is 29.3 Å². The van der Waals surface area contributed by atoms with Gasteiger partial charge in [-0.05, 0) is 74.8 Å². The number of hydrogen-bond donors (Lipinski definition) is 0. The molecule has 1 unspecified atom stereocenters. The highest BCUT2D eigenvalue weighted by atomic mass is 19.2. The second-order valence-corrected chi connectivity index (χ2v) is 9.08. The number of ether oxygens (including phenoxy) is 2. The van der Waals surface area contributed by atoms with E-state index in [1.807, 2.05) is 0 Å². The van der Waals surface area contributed by atoms with Gasteiger partial charge in [0.15, 0.2) is 11.6 Å². The molecular formula is C24H34F2O2. The van der Waals surface area contributed by atoms with Crippen LogP contribution in [-0.4, -0.2) is 18.8 Å². The zero-order valence-electron chi connectivity index (χ0n) is 16.9. The van der Waals surface area contributed by atoms with Crippen molar-refractivity contribution in [3.63, 3.8) is 0 Å². The van der Waals surface area contributed by atoms with Crippen LogP contribution in [-0.2, 0) is 11.2 Å². The van der Waals surface area contributed by atoms with Crippen molar-refractivity contribution in [2.24, 2.45) is 11.8 Å². The monoisotopic (exact) mass is 392 g/mol. The van der Waals surface area contributed by atoms with E-state index in [2.05, 4.69) is 0 Å². The van der Waals surface area contributed by atoms with Crippen molar-refractivity contribution >= 4 is 0 Å². The van der Waals surface area contributed by atoms with Crippen LogP contribution >= 0.6 is 0 Å². The maximum absolute atomic E-state index is 13.9. The summed E-state index contributed by atoms with van der Waals surface area (Å²) in [7, 11) is 0. The SMILES string of the molecule is Fc1ccc2c(c1F)OC(CCCOC1CCC(C3CCCCC3)CC1)CC2. The highest BCUT2D eigenvalue weighted by Crippen LogP contribution is 2.39. The first-order valence-electron chi connectivity index (χ1n) is 11.5.